The molecule has 0 bridgehead atoms. The minimum Gasteiger partial charge on any atom is -0.452 e. The van der Waals surface area contributed by atoms with E-state index in [9.17, 15) is 8.42 Å². The summed E-state index contributed by atoms with van der Waals surface area (Å²) in [4.78, 5) is 0.0631. The monoisotopic (exact) mass is 372 g/mol. The van der Waals surface area contributed by atoms with Gasteiger partial charge in [-0.25, -0.2) is 13.1 Å². The van der Waals surface area contributed by atoms with Crippen LogP contribution in [0, 0.1) is 0 Å². The van der Waals surface area contributed by atoms with Gasteiger partial charge in [0.2, 0.25) is 10.0 Å². The summed E-state index contributed by atoms with van der Waals surface area (Å²) in [5.41, 5.74) is 7.55. The van der Waals surface area contributed by atoms with Crippen molar-refractivity contribution < 1.29 is 12.8 Å². The minimum absolute atomic E-state index is 0.0631. The number of sulfonamides is 1. The Morgan fingerprint density at radius 3 is 2.38 bits per heavy atom. The van der Waals surface area contributed by atoms with E-state index in [1.807, 2.05) is 24.3 Å². The van der Waals surface area contributed by atoms with E-state index in [4.69, 9.17) is 10.2 Å². The number of aryl methyl sites for hydroxylation is 1. The van der Waals surface area contributed by atoms with Gasteiger partial charge < -0.3 is 10.2 Å². The highest BCUT2D eigenvalue weighted by atomic mass is 79.9. The van der Waals surface area contributed by atoms with E-state index in [0.717, 1.165) is 12.0 Å². The summed E-state index contributed by atoms with van der Waals surface area (Å²) in [5.74, 6) is 0.412. The molecular formula is C14H17BrN2O3S. The van der Waals surface area contributed by atoms with Gasteiger partial charge in [-0.15, -0.1) is 0 Å². The Balaban J connectivity index is 2.11. The Kier molecular flexibility index (Phi) is 5.21. The topological polar surface area (TPSA) is 85.3 Å². The maximum absolute atomic E-state index is 12.2. The van der Waals surface area contributed by atoms with Crippen LogP contribution in [0.15, 0.2) is 44.3 Å². The average molecular weight is 373 g/mol. The van der Waals surface area contributed by atoms with Crippen LogP contribution < -0.4 is 10.5 Å². The van der Waals surface area contributed by atoms with Crippen LogP contribution in [0.2, 0.25) is 0 Å². The fourth-order valence-electron chi connectivity index (χ4n) is 1.83. The lowest BCUT2D eigenvalue weighted by atomic mass is 10.1. The molecule has 1 aromatic heterocycles. The summed E-state index contributed by atoms with van der Waals surface area (Å²) in [6, 6.07) is 9.23. The second-order valence-corrected chi connectivity index (χ2v) is 7.01. The van der Waals surface area contributed by atoms with Crippen molar-refractivity contribution in [2.24, 2.45) is 5.73 Å². The molecule has 0 aliphatic heterocycles. The Labute approximate surface area is 132 Å². The van der Waals surface area contributed by atoms with Gasteiger partial charge >= 0.3 is 0 Å². The van der Waals surface area contributed by atoms with Crippen molar-refractivity contribution in [2.75, 3.05) is 0 Å². The lowest BCUT2D eigenvalue weighted by Gasteiger charge is -2.06. The van der Waals surface area contributed by atoms with Crippen molar-refractivity contribution in [3.8, 4) is 0 Å². The van der Waals surface area contributed by atoms with E-state index in [1.165, 1.54) is 11.6 Å². The number of hydrogen-bond donors (Lipinski definition) is 2. The minimum atomic E-state index is -3.64. The average Bonchev–Trinajstić information content (AvgIpc) is 2.88. The second-order valence-electron chi connectivity index (χ2n) is 4.55. The Bertz CT molecular complexity index is 708. The number of furan rings is 1. The van der Waals surface area contributed by atoms with Crippen molar-refractivity contribution in [2.45, 2.75) is 31.3 Å². The van der Waals surface area contributed by atoms with Gasteiger partial charge in [-0.2, -0.15) is 0 Å². The van der Waals surface area contributed by atoms with Crippen molar-refractivity contribution >= 4 is 26.0 Å². The molecule has 2 rings (SSSR count). The maximum atomic E-state index is 12.2. The van der Waals surface area contributed by atoms with Crippen molar-refractivity contribution in [1.82, 2.24) is 4.72 Å². The molecule has 0 unspecified atom stereocenters. The maximum Gasteiger partial charge on any atom is 0.245 e. The SMILES string of the molecule is CCc1ccc(CNS(=O)(=O)c2cc(CN)oc2Br)cc1. The molecule has 1 aromatic carbocycles. The summed E-state index contributed by atoms with van der Waals surface area (Å²) in [6.45, 7) is 2.44. The highest BCUT2D eigenvalue weighted by Crippen LogP contribution is 2.25. The molecule has 0 radical (unpaired) electrons. The van der Waals surface area contributed by atoms with Gasteiger partial charge in [-0.05, 0) is 33.5 Å². The van der Waals surface area contributed by atoms with Gasteiger partial charge in [0, 0.05) is 12.6 Å². The predicted octanol–water partition coefficient (Wildman–Crippen LogP) is 2.54. The summed E-state index contributed by atoms with van der Waals surface area (Å²) in [6.07, 6.45) is 0.954. The molecule has 0 fully saturated rings. The zero-order valence-electron chi connectivity index (χ0n) is 11.6. The highest BCUT2D eigenvalue weighted by Gasteiger charge is 2.21. The van der Waals surface area contributed by atoms with Gasteiger partial charge in [0.15, 0.2) is 4.67 Å². The van der Waals surface area contributed by atoms with Crippen LogP contribution >= 0.6 is 15.9 Å². The highest BCUT2D eigenvalue weighted by molar-refractivity contribution is 9.10. The first-order valence-corrected chi connectivity index (χ1v) is 8.79. The standard InChI is InChI=1S/C14H17BrN2O3S/c1-2-10-3-5-11(6-4-10)9-17-21(18,19)13-7-12(8-16)20-14(13)15/h3-7,17H,2,8-9,16H2,1H3. The molecule has 7 heteroatoms. The molecule has 0 aliphatic rings. The Hall–Kier alpha value is -1.15. The summed E-state index contributed by atoms with van der Waals surface area (Å²) >= 11 is 3.10. The first-order valence-electron chi connectivity index (χ1n) is 6.52. The number of benzene rings is 1. The lowest BCUT2D eigenvalue weighted by Crippen LogP contribution is -2.23. The van der Waals surface area contributed by atoms with Gasteiger partial charge in [0.05, 0.1) is 6.54 Å². The first kappa shape index (κ1) is 16.2. The zero-order chi connectivity index (χ0) is 15.5. The Morgan fingerprint density at radius 2 is 1.86 bits per heavy atom. The molecule has 0 amide bonds. The fraction of sp³-hybridized carbons (Fsp3) is 0.286. The van der Waals surface area contributed by atoms with Crippen LogP contribution in [0.25, 0.3) is 0 Å². The van der Waals surface area contributed by atoms with Crippen molar-refractivity contribution in [3.63, 3.8) is 0 Å². The lowest BCUT2D eigenvalue weighted by molar-refractivity contribution is 0.483. The fourth-order valence-corrected chi connectivity index (χ4v) is 3.84. The third-order valence-corrected chi connectivity index (χ3v) is 5.35. The van der Waals surface area contributed by atoms with Crippen LogP contribution in [0.5, 0.6) is 0 Å². The first-order chi connectivity index (χ1) is 9.96. The molecule has 114 valence electrons. The molecule has 0 saturated heterocycles. The van der Waals surface area contributed by atoms with E-state index >= 15 is 0 Å². The second kappa shape index (κ2) is 6.74. The van der Waals surface area contributed by atoms with Crippen molar-refractivity contribution in [1.29, 1.82) is 0 Å². The molecule has 2 aromatic rings. The Morgan fingerprint density at radius 1 is 1.24 bits per heavy atom. The van der Waals surface area contributed by atoms with Crippen LogP contribution in [0.4, 0.5) is 0 Å². The molecule has 21 heavy (non-hydrogen) atoms. The number of nitrogens with two attached hydrogens (primary N) is 1. The van der Waals surface area contributed by atoms with Crippen LogP contribution in [0.3, 0.4) is 0 Å². The third kappa shape index (κ3) is 3.94. The molecule has 0 saturated carbocycles. The summed E-state index contributed by atoms with van der Waals surface area (Å²) in [7, 11) is -3.64. The van der Waals surface area contributed by atoms with E-state index in [0.29, 0.717) is 5.76 Å². The van der Waals surface area contributed by atoms with Crippen LogP contribution in [-0.2, 0) is 29.5 Å². The third-order valence-electron chi connectivity index (χ3n) is 3.09. The van der Waals surface area contributed by atoms with Gasteiger partial charge in [0.1, 0.15) is 10.7 Å². The quantitative estimate of drug-likeness (QED) is 0.815. The van der Waals surface area contributed by atoms with Crippen LogP contribution in [0.1, 0.15) is 23.8 Å². The van der Waals surface area contributed by atoms with Gasteiger partial charge in [-0.1, -0.05) is 31.2 Å². The molecule has 0 atom stereocenters. The smallest absolute Gasteiger partial charge is 0.245 e. The van der Waals surface area contributed by atoms with E-state index in [2.05, 4.69) is 27.6 Å². The van der Waals surface area contributed by atoms with Crippen LogP contribution in [-0.4, -0.2) is 8.42 Å². The van der Waals surface area contributed by atoms with E-state index in [1.54, 1.807) is 0 Å². The molecule has 3 N–H and O–H groups in total. The summed E-state index contributed by atoms with van der Waals surface area (Å²) < 4.78 is 32.4. The molecular weight excluding hydrogens is 356 g/mol. The number of halogens is 1. The number of rotatable bonds is 6. The van der Waals surface area contributed by atoms with Gasteiger partial charge in [-0.3, -0.25) is 0 Å². The number of nitrogens with one attached hydrogen (secondary N) is 1. The van der Waals surface area contributed by atoms with Gasteiger partial charge in [0.25, 0.3) is 0 Å². The van der Waals surface area contributed by atoms with Crippen molar-refractivity contribution in [3.05, 3.63) is 51.9 Å². The molecule has 0 aliphatic carbocycles. The van der Waals surface area contributed by atoms with E-state index in [-0.39, 0.29) is 22.7 Å². The zero-order valence-corrected chi connectivity index (χ0v) is 14.0. The largest absolute Gasteiger partial charge is 0.452 e. The predicted molar refractivity (Wildman–Crippen MR) is 84.1 cm³/mol. The normalized spacial score (nSPS) is 11.8. The number of hydrogen-bond acceptors (Lipinski definition) is 4. The molecule has 1 heterocycles. The van der Waals surface area contributed by atoms with E-state index < -0.39 is 10.0 Å². The summed E-state index contributed by atoms with van der Waals surface area (Å²) in [5, 5.41) is 0. The molecule has 5 nitrogen and oxygen atoms in total. The molecule has 0 spiro atoms.